The molecule has 0 aliphatic rings. The number of nitrogens with one attached hydrogen (secondary N) is 1. The maximum absolute atomic E-state index is 12.7. The number of carbonyl (C=O) groups excluding carboxylic acids is 1. The van der Waals surface area contributed by atoms with Gasteiger partial charge < -0.3 is 5.32 Å². The predicted molar refractivity (Wildman–Crippen MR) is 124 cm³/mol. The van der Waals surface area contributed by atoms with Crippen LogP contribution in [0.1, 0.15) is 44.9 Å². The lowest BCUT2D eigenvalue weighted by molar-refractivity contribution is -0.119. The zero-order valence-electron chi connectivity index (χ0n) is 18.0. The van der Waals surface area contributed by atoms with E-state index in [1.807, 2.05) is 25.1 Å². The van der Waals surface area contributed by atoms with E-state index in [1.54, 1.807) is 10.6 Å². The van der Waals surface area contributed by atoms with Crippen molar-refractivity contribution in [2.24, 2.45) is 5.92 Å². The molecule has 0 unspecified atom stereocenters. The van der Waals surface area contributed by atoms with Gasteiger partial charge in [0, 0.05) is 6.54 Å². The summed E-state index contributed by atoms with van der Waals surface area (Å²) in [7, 11) is 0. The zero-order valence-corrected chi connectivity index (χ0v) is 18.8. The van der Waals surface area contributed by atoms with Crippen LogP contribution < -0.4 is 10.9 Å². The van der Waals surface area contributed by atoms with E-state index in [2.05, 4.69) is 55.3 Å². The molecule has 6 heteroatoms. The standard InChI is InChI=1S/C24H29N3O2S/c1-5-17-11-13-18(14-12-17)22(16(3)4)26-21(28)15-30-24-25-20-10-8-7-9-19(20)23(29)27(24)6-2/h7-14,16,22H,5-6,15H2,1-4H3,(H,26,28)/t22-/m1/s1. The van der Waals surface area contributed by atoms with Crippen LogP contribution in [0.3, 0.4) is 0 Å². The second-order valence-corrected chi connectivity index (χ2v) is 8.58. The number of benzene rings is 2. The maximum atomic E-state index is 12.7. The van der Waals surface area contributed by atoms with Crippen molar-refractivity contribution >= 4 is 28.6 Å². The third-order valence-corrected chi connectivity index (χ3v) is 6.18. The average molecular weight is 424 g/mol. The Balaban J connectivity index is 1.75. The summed E-state index contributed by atoms with van der Waals surface area (Å²) < 4.78 is 1.63. The number of nitrogens with zero attached hydrogens (tertiary/aromatic N) is 2. The average Bonchev–Trinajstić information content (AvgIpc) is 2.76. The molecular weight excluding hydrogens is 394 g/mol. The molecule has 1 heterocycles. The van der Waals surface area contributed by atoms with Crippen molar-refractivity contribution in [2.75, 3.05) is 5.75 Å². The lowest BCUT2D eigenvalue weighted by Crippen LogP contribution is -2.33. The summed E-state index contributed by atoms with van der Waals surface area (Å²) in [6, 6.07) is 15.7. The van der Waals surface area contributed by atoms with Gasteiger partial charge >= 0.3 is 0 Å². The molecule has 0 spiro atoms. The van der Waals surface area contributed by atoms with Crippen molar-refractivity contribution in [1.82, 2.24) is 14.9 Å². The minimum atomic E-state index is -0.0675. The van der Waals surface area contributed by atoms with Gasteiger partial charge in [0.1, 0.15) is 0 Å². The van der Waals surface area contributed by atoms with Gasteiger partial charge in [-0.15, -0.1) is 0 Å². The molecule has 1 atom stereocenters. The lowest BCUT2D eigenvalue weighted by Gasteiger charge is -2.23. The fraction of sp³-hybridized carbons (Fsp3) is 0.375. The Hall–Kier alpha value is -2.60. The van der Waals surface area contributed by atoms with Gasteiger partial charge in [-0.05, 0) is 42.5 Å². The summed E-state index contributed by atoms with van der Waals surface area (Å²) in [6.07, 6.45) is 0.994. The number of amides is 1. The van der Waals surface area contributed by atoms with Crippen LogP contribution in [-0.2, 0) is 17.8 Å². The first-order valence-electron chi connectivity index (χ1n) is 10.4. The zero-order chi connectivity index (χ0) is 21.7. The van der Waals surface area contributed by atoms with Crippen molar-refractivity contribution in [1.29, 1.82) is 0 Å². The number of aromatic nitrogens is 2. The SMILES string of the molecule is CCc1ccc([C@H](NC(=O)CSc2nc3ccccc3c(=O)n2CC)C(C)C)cc1. The van der Waals surface area contributed by atoms with E-state index in [-0.39, 0.29) is 29.2 Å². The van der Waals surface area contributed by atoms with Crippen molar-refractivity contribution in [2.45, 2.75) is 51.9 Å². The summed E-state index contributed by atoms with van der Waals surface area (Å²) in [6.45, 7) is 8.76. The molecular formula is C24H29N3O2S. The van der Waals surface area contributed by atoms with Crippen LogP contribution in [-0.4, -0.2) is 21.2 Å². The topological polar surface area (TPSA) is 64.0 Å². The molecule has 3 rings (SSSR count). The van der Waals surface area contributed by atoms with Crippen molar-refractivity contribution in [3.8, 4) is 0 Å². The molecule has 0 fully saturated rings. The number of thioether (sulfide) groups is 1. The maximum Gasteiger partial charge on any atom is 0.262 e. The number of para-hydroxylation sites is 1. The Morgan fingerprint density at radius 3 is 2.43 bits per heavy atom. The fourth-order valence-corrected chi connectivity index (χ4v) is 4.35. The normalized spacial score (nSPS) is 12.3. The Labute approximate surface area is 181 Å². The van der Waals surface area contributed by atoms with E-state index in [0.29, 0.717) is 22.6 Å². The van der Waals surface area contributed by atoms with Gasteiger partial charge in [0.25, 0.3) is 5.56 Å². The van der Waals surface area contributed by atoms with Crippen LogP contribution >= 0.6 is 11.8 Å². The van der Waals surface area contributed by atoms with E-state index >= 15 is 0 Å². The van der Waals surface area contributed by atoms with Gasteiger partial charge in [-0.2, -0.15) is 0 Å². The Kier molecular flexibility index (Phi) is 7.32. The third kappa shape index (κ3) is 4.93. The van der Waals surface area contributed by atoms with Crippen LogP contribution in [0.4, 0.5) is 0 Å². The van der Waals surface area contributed by atoms with E-state index in [1.165, 1.54) is 17.3 Å². The van der Waals surface area contributed by atoms with E-state index in [0.717, 1.165) is 12.0 Å². The number of rotatable bonds is 8. The molecule has 0 saturated carbocycles. The molecule has 1 N–H and O–H groups in total. The molecule has 0 bridgehead atoms. The van der Waals surface area contributed by atoms with Crippen LogP contribution in [0.2, 0.25) is 0 Å². The number of aryl methyl sites for hydroxylation is 1. The van der Waals surface area contributed by atoms with Crippen molar-refractivity contribution < 1.29 is 4.79 Å². The number of hydrogen-bond acceptors (Lipinski definition) is 4. The summed E-state index contributed by atoms with van der Waals surface area (Å²) in [5, 5.41) is 4.33. The van der Waals surface area contributed by atoms with Crippen molar-refractivity contribution in [3.05, 3.63) is 70.0 Å². The van der Waals surface area contributed by atoms with Crippen molar-refractivity contribution in [3.63, 3.8) is 0 Å². The van der Waals surface area contributed by atoms with Gasteiger partial charge in [0.15, 0.2) is 5.16 Å². The Morgan fingerprint density at radius 2 is 1.80 bits per heavy atom. The van der Waals surface area contributed by atoms with Crippen LogP contribution in [0.15, 0.2) is 58.5 Å². The highest BCUT2D eigenvalue weighted by Gasteiger charge is 2.19. The van der Waals surface area contributed by atoms with E-state index < -0.39 is 0 Å². The highest BCUT2D eigenvalue weighted by molar-refractivity contribution is 7.99. The second kappa shape index (κ2) is 9.94. The van der Waals surface area contributed by atoms with Crippen LogP contribution in [0.25, 0.3) is 10.9 Å². The number of fused-ring (bicyclic) bond motifs is 1. The first-order valence-corrected chi connectivity index (χ1v) is 11.4. The smallest absolute Gasteiger partial charge is 0.262 e. The molecule has 0 saturated heterocycles. The first-order chi connectivity index (χ1) is 14.4. The van der Waals surface area contributed by atoms with Crippen LogP contribution in [0, 0.1) is 5.92 Å². The molecule has 158 valence electrons. The summed E-state index contributed by atoms with van der Waals surface area (Å²) >= 11 is 1.30. The highest BCUT2D eigenvalue weighted by atomic mass is 32.2. The van der Waals surface area contributed by atoms with Gasteiger partial charge in [-0.1, -0.05) is 68.9 Å². The molecule has 1 aromatic heterocycles. The first kappa shape index (κ1) is 22.1. The molecule has 0 radical (unpaired) electrons. The molecule has 30 heavy (non-hydrogen) atoms. The molecule has 2 aromatic carbocycles. The lowest BCUT2D eigenvalue weighted by atomic mass is 9.95. The molecule has 5 nitrogen and oxygen atoms in total. The summed E-state index contributed by atoms with van der Waals surface area (Å²) in [5.41, 5.74) is 2.98. The Bertz CT molecular complexity index is 1070. The minimum absolute atomic E-state index is 0.0538. The van der Waals surface area contributed by atoms with Gasteiger partial charge in [-0.3, -0.25) is 14.2 Å². The van der Waals surface area contributed by atoms with E-state index in [4.69, 9.17) is 0 Å². The quantitative estimate of drug-likeness (QED) is 0.425. The molecule has 0 aliphatic heterocycles. The predicted octanol–water partition coefficient (Wildman–Crippen LogP) is 4.58. The summed E-state index contributed by atoms with van der Waals surface area (Å²) in [4.78, 5) is 30.1. The summed E-state index contributed by atoms with van der Waals surface area (Å²) in [5.74, 6) is 0.406. The monoisotopic (exact) mass is 423 g/mol. The Morgan fingerprint density at radius 1 is 1.10 bits per heavy atom. The minimum Gasteiger partial charge on any atom is -0.348 e. The molecule has 1 amide bonds. The largest absolute Gasteiger partial charge is 0.348 e. The highest BCUT2D eigenvalue weighted by Crippen LogP contribution is 2.23. The molecule has 3 aromatic rings. The van der Waals surface area contributed by atoms with Gasteiger partial charge in [0.2, 0.25) is 5.91 Å². The fourth-order valence-electron chi connectivity index (χ4n) is 3.48. The number of hydrogen-bond donors (Lipinski definition) is 1. The second-order valence-electron chi connectivity index (χ2n) is 7.63. The van der Waals surface area contributed by atoms with Gasteiger partial charge in [-0.25, -0.2) is 4.98 Å². The third-order valence-electron chi connectivity index (χ3n) is 5.21. The molecule has 0 aliphatic carbocycles. The number of carbonyl (C=O) groups is 1. The van der Waals surface area contributed by atoms with Gasteiger partial charge in [0.05, 0.1) is 22.7 Å². The van der Waals surface area contributed by atoms with Crippen LogP contribution in [0.5, 0.6) is 0 Å². The van der Waals surface area contributed by atoms with E-state index in [9.17, 15) is 9.59 Å².